The van der Waals surface area contributed by atoms with E-state index in [1.165, 1.54) is 31.4 Å². The fourth-order valence-electron chi connectivity index (χ4n) is 5.47. The van der Waals surface area contributed by atoms with Crippen LogP contribution in [0.4, 0.5) is 10.5 Å². The molecule has 0 aromatic heterocycles. The summed E-state index contributed by atoms with van der Waals surface area (Å²) in [5.41, 5.74) is 0.346. The van der Waals surface area contributed by atoms with Crippen LogP contribution in [-0.2, 0) is 40.7 Å². The van der Waals surface area contributed by atoms with E-state index >= 15 is 0 Å². The Morgan fingerprint density at radius 2 is 1.67 bits per heavy atom. The van der Waals surface area contributed by atoms with E-state index in [1.807, 2.05) is 0 Å². The lowest BCUT2D eigenvalue weighted by atomic mass is 9.99. The summed E-state index contributed by atoms with van der Waals surface area (Å²) in [6.45, 7) is -0.0859. The SMILES string of the molecule is [B]N(C[C@@H](NS(=O)(=O)c1ccc([N+](=O)[O-])cc1)[C@H](Cc1ccccc1)NC(=O)O[C@H]1CO[C@H]2OCC[C@H]21)S(=O)(=O)c1ccc(OC)cc1. The zero-order valence-electron chi connectivity index (χ0n) is 25.7. The number of hydrogen-bond donors (Lipinski definition) is 2. The van der Waals surface area contributed by atoms with Crippen molar-refractivity contribution in [3.05, 3.63) is 94.5 Å². The molecule has 2 N–H and O–H groups in total. The van der Waals surface area contributed by atoms with Crippen LogP contribution in [0.25, 0.3) is 0 Å². The highest BCUT2D eigenvalue weighted by Gasteiger charge is 2.44. The Hall–Kier alpha value is -4.07. The topological polar surface area (TPSA) is 193 Å². The molecule has 5 atom stereocenters. The highest BCUT2D eigenvalue weighted by Crippen LogP contribution is 2.33. The van der Waals surface area contributed by atoms with Gasteiger partial charge in [-0.05, 0) is 54.8 Å². The maximum Gasteiger partial charge on any atom is 0.407 e. The molecular formula is C30H33BN4O11S2. The summed E-state index contributed by atoms with van der Waals surface area (Å²) in [5, 5.41) is 13.9. The van der Waals surface area contributed by atoms with E-state index in [0.29, 0.717) is 28.6 Å². The average Bonchev–Trinajstić information content (AvgIpc) is 3.70. The van der Waals surface area contributed by atoms with Gasteiger partial charge in [0.05, 0.1) is 53.0 Å². The molecule has 2 radical (unpaired) electrons. The van der Waals surface area contributed by atoms with Crippen LogP contribution >= 0.6 is 0 Å². The molecule has 2 saturated heterocycles. The number of fused-ring (bicyclic) bond motifs is 1. The molecule has 0 unspecified atom stereocenters. The van der Waals surface area contributed by atoms with Gasteiger partial charge in [-0.3, -0.25) is 14.3 Å². The number of rotatable bonds is 14. The first-order valence-corrected chi connectivity index (χ1v) is 17.7. The van der Waals surface area contributed by atoms with Gasteiger partial charge in [0.2, 0.25) is 28.0 Å². The highest BCUT2D eigenvalue weighted by molar-refractivity contribution is 7.90. The molecule has 0 saturated carbocycles. The van der Waals surface area contributed by atoms with Crippen LogP contribution in [0.5, 0.6) is 5.75 Å². The predicted molar refractivity (Wildman–Crippen MR) is 171 cm³/mol. The lowest BCUT2D eigenvalue weighted by molar-refractivity contribution is -0.384. The number of non-ortho nitro benzene ring substituents is 1. The zero-order chi connectivity index (χ0) is 34.5. The van der Waals surface area contributed by atoms with Crippen LogP contribution in [-0.4, -0.2) is 91.4 Å². The maximum atomic E-state index is 13.7. The van der Waals surface area contributed by atoms with Crippen molar-refractivity contribution in [3.8, 4) is 5.75 Å². The number of sulfonamides is 2. The van der Waals surface area contributed by atoms with E-state index < -0.39 is 62.1 Å². The molecule has 0 bridgehead atoms. The molecule has 2 fully saturated rings. The minimum Gasteiger partial charge on any atom is -0.497 e. The second-order valence-electron chi connectivity index (χ2n) is 11.1. The number of nitrogens with one attached hydrogen (secondary N) is 2. The first kappa shape index (κ1) is 35.2. The largest absolute Gasteiger partial charge is 0.497 e. The van der Waals surface area contributed by atoms with Crippen LogP contribution in [0.15, 0.2) is 88.7 Å². The van der Waals surface area contributed by atoms with Gasteiger partial charge in [-0.1, -0.05) is 30.3 Å². The summed E-state index contributed by atoms with van der Waals surface area (Å²) >= 11 is 0. The van der Waals surface area contributed by atoms with Gasteiger partial charge in [0.15, 0.2) is 6.29 Å². The van der Waals surface area contributed by atoms with Crippen LogP contribution in [0.3, 0.4) is 0 Å². The lowest BCUT2D eigenvalue weighted by Gasteiger charge is -2.32. The van der Waals surface area contributed by atoms with E-state index in [-0.39, 0.29) is 34.4 Å². The Balaban J connectivity index is 1.46. The van der Waals surface area contributed by atoms with Gasteiger partial charge in [-0.25, -0.2) is 26.4 Å². The van der Waals surface area contributed by atoms with Crippen molar-refractivity contribution in [2.75, 3.05) is 26.9 Å². The third-order valence-electron chi connectivity index (χ3n) is 8.04. The molecule has 2 aliphatic heterocycles. The zero-order valence-corrected chi connectivity index (χ0v) is 27.3. The Morgan fingerprint density at radius 3 is 2.31 bits per heavy atom. The summed E-state index contributed by atoms with van der Waals surface area (Å²) in [7, 11) is -1.29. The Labute approximate surface area is 279 Å². The van der Waals surface area contributed by atoms with Crippen molar-refractivity contribution >= 4 is 39.8 Å². The van der Waals surface area contributed by atoms with Crippen LogP contribution in [0.2, 0.25) is 0 Å². The molecular weight excluding hydrogens is 667 g/mol. The number of alkyl carbamates (subject to hydrolysis) is 1. The summed E-state index contributed by atoms with van der Waals surface area (Å²) in [6, 6.07) is 15.8. The van der Waals surface area contributed by atoms with E-state index in [1.54, 1.807) is 30.3 Å². The van der Waals surface area contributed by atoms with Crippen LogP contribution in [0, 0.1) is 16.0 Å². The first-order chi connectivity index (χ1) is 22.9. The predicted octanol–water partition coefficient (Wildman–Crippen LogP) is 2.12. The van der Waals surface area contributed by atoms with Gasteiger partial charge >= 0.3 is 6.09 Å². The quantitative estimate of drug-likeness (QED) is 0.142. The second kappa shape index (κ2) is 15.0. The number of amides is 1. The van der Waals surface area contributed by atoms with E-state index in [9.17, 15) is 31.7 Å². The number of methoxy groups -OCH3 is 1. The van der Waals surface area contributed by atoms with Crippen LogP contribution in [0.1, 0.15) is 12.0 Å². The number of nitro groups is 1. The number of carbonyl (C=O) groups is 1. The molecule has 15 nitrogen and oxygen atoms in total. The minimum absolute atomic E-state index is 0.0240. The van der Waals surface area contributed by atoms with Gasteiger partial charge in [0.1, 0.15) is 11.9 Å². The number of benzene rings is 3. The fourth-order valence-corrected chi connectivity index (χ4v) is 7.84. The third-order valence-corrected chi connectivity index (χ3v) is 11.2. The number of nitrogens with zero attached hydrogens (tertiary/aromatic N) is 2. The number of hydrogen-bond acceptors (Lipinski definition) is 11. The lowest BCUT2D eigenvalue weighted by Crippen LogP contribution is -2.57. The molecule has 254 valence electrons. The van der Waals surface area contributed by atoms with E-state index in [2.05, 4.69) is 10.0 Å². The van der Waals surface area contributed by atoms with Crippen molar-refractivity contribution in [3.63, 3.8) is 0 Å². The minimum atomic E-state index is -4.47. The Bertz CT molecular complexity index is 1800. The molecule has 48 heavy (non-hydrogen) atoms. The summed E-state index contributed by atoms with van der Waals surface area (Å²) in [5.74, 6) is 0.231. The van der Waals surface area contributed by atoms with Gasteiger partial charge in [-0.15, -0.1) is 0 Å². The van der Waals surface area contributed by atoms with E-state index in [4.69, 9.17) is 26.9 Å². The van der Waals surface area contributed by atoms with Crippen molar-refractivity contribution in [2.45, 2.75) is 47.1 Å². The van der Waals surface area contributed by atoms with Crippen LogP contribution < -0.4 is 14.8 Å². The smallest absolute Gasteiger partial charge is 0.407 e. The standard InChI is InChI=1S/C30H33BN4O11S2/c1-43-22-9-13-24(14-10-22)48(41,42)34(31)18-27(33-47(39,40)23-11-7-21(8-12-23)35(37)38)26(17-20-5-3-2-4-6-20)32-30(36)46-28-19-45-29-25(28)15-16-44-29/h2-14,25-29,33H,15-19H2,1H3,(H,32,36)/t25-,26-,27+,28-,29+/m0/s1. The van der Waals surface area contributed by atoms with E-state index in [0.717, 1.165) is 24.3 Å². The van der Waals surface area contributed by atoms with Gasteiger partial charge in [0.25, 0.3) is 5.69 Å². The van der Waals surface area contributed by atoms with Gasteiger partial charge in [-0.2, -0.15) is 0 Å². The molecule has 0 aliphatic carbocycles. The maximum absolute atomic E-state index is 13.7. The average molecular weight is 701 g/mol. The Kier molecular flexibility index (Phi) is 11.0. The monoisotopic (exact) mass is 700 g/mol. The Morgan fingerprint density at radius 1 is 1.00 bits per heavy atom. The summed E-state index contributed by atoms with van der Waals surface area (Å²) in [6.07, 6.45) is -1.35. The fraction of sp³-hybridized carbons (Fsp3) is 0.367. The number of ether oxygens (including phenoxy) is 4. The highest BCUT2D eigenvalue weighted by atomic mass is 32.2. The molecule has 2 aliphatic rings. The number of carbonyl (C=O) groups excluding carboxylic acids is 1. The van der Waals surface area contributed by atoms with Crippen molar-refractivity contribution < 1.29 is 45.5 Å². The first-order valence-electron chi connectivity index (χ1n) is 14.8. The van der Waals surface area contributed by atoms with Crippen molar-refractivity contribution in [1.29, 1.82) is 0 Å². The second-order valence-corrected chi connectivity index (χ2v) is 14.7. The molecule has 3 aromatic carbocycles. The van der Waals surface area contributed by atoms with Crippen molar-refractivity contribution in [1.82, 2.24) is 14.3 Å². The molecule has 0 spiro atoms. The molecule has 1 amide bonds. The third kappa shape index (κ3) is 8.31. The molecule has 2 heterocycles. The normalized spacial score (nSPS) is 20.5. The van der Waals surface area contributed by atoms with Crippen molar-refractivity contribution in [2.24, 2.45) is 5.92 Å². The molecule has 5 rings (SSSR count). The van der Waals surface area contributed by atoms with Gasteiger partial charge in [0, 0.05) is 18.7 Å². The summed E-state index contributed by atoms with van der Waals surface area (Å²) < 4.78 is 79.2. The number of nitro benzene ring substituents is 1. The molecule has 3 aromatic rings. The molecule has 18 heteroatoms. The van der Waals surface area contributed by atoms with Gasteiger partial charge < -0.3 is 24.3 Å². The summed E-state index contributed by atoms with van der Waals surface area (Å²) in [4.78, 5) is 23.3.